The minimum Gasteiger partial charge on any atom is -0.494 e. The first kappa shape index (κ1) is 20.9. The molecule has 1 unspecified atom stereocenters. The molecule has 0 aliphatic carbocycles. The van der Waals surface area contributed by atoms with Crippen molar-refractivity contribution in [3.05, 3.63) is 95.3 Å². The van der Waals surface area contributed by atoms with Crippen molar-refractivity contribution in [3.8, 4) is 5.75 Å². The second kappa shape index (κ2) is 10.1. The number of ether oxygens (including phenoxy) is 1. The predicted molar refractivity (Wildman–Crippen MR) is 116 cm³/mol. The third-order valence-electron chi connectivity index (χ3n) is 4.48. The van der Waals surface area contributed by atoms with Crippen molar-refractivity contribution in [2.24, 2.45) is 0 Å². The van der Waals surface area contributed by atoms with Crippen molar-refractivity contribution in [3.63, 3.8) is 0 Å². The number of hydrogen-bond donors (Lipinski definition) is 1. The summed E-state index contributed by atoms with van der Waals surface area (Å²) in [5.74, 6) is 1.03. The SMILES string of the molecule is CCOc1ccc(C(=O)NC(C)c2ccc(F)cc2)cc1CSc1ccccc1. The largest absolute Gasteiger partial charge is 0.494 e. The van der Waals surface area contributed by atoms with Crippen molar-refractivity contribution >= 4 is 17.7 Å². The van der Waals surface area contributed by atoms with E-state index in [-0.39, 0.29) is 17.8 Å². The highest BCUT2D eigenvalue weighted by Gasteiger charge is 2.14. The zero-order valence-corrected chi connectivity index (χ0v) is 17.3. The molecule has 150 valence electrons. The van der Waals surface area contributed by atoms with E-state index in [1.807, 2.05) is 44.2 Å². The zero-order valence-electron chi connectivity index (χ0n) is 16.5. The van der Waals surface area contributed by atoms with Crippen molar-refractivity contribution in [2.45, 2.75) is 30.5 Å². The Kier molecular flexibility index (Phi) is 7.30. The maximum Gasteiger partial charge on any atom is 0.251 e. The number of carbonyl (C=O) groups excluding carboxylic acids is 1. The summed E-state index contributed by atoms with van der Waals surface area (Å²) in [5.41, 5.74) is 2.40. The molecule has 3 rings (SSSR count). The molecule has 1 amide bonds. The van der Waals surface area contributed by atoms with Crippen LogP contribution in [0.1, 0.15) is 41.4 Å². The van der Waals surface area contributed by atoms with Crippen molar-refractivity contribution in [2.75, 3.05) is 6.61 Å². The predicted octanol–water partition coefficient (Wildman–Crippen LogP) is 6.01. The average Bonchev–Trinajstić information content (AvgIpc) is 2.74. The lowest BCUT2D eigenvalue weighted by Gasteiger charge is -2.16. The Hall–Kier alpha value is -2.79. The van der Waals surface area contributed by atoms with Gasteiger partial charge in [-0.15, -0.1) is 11.8 Å². The van der Waals surface area contributed by atoms with E-state index >= 15 is 0 Å². The van der Waals surface area contributed by atoms with E-state index in [1.54, 1.807) is 30.0 Å². The van der Waals surface area contributed by atoms with Crippen LogP contribution < -0.4 is 10.1 Å². The lowest BCUT2D eigenvalue weighted by atomic mass is 10.1. The second-order valence-electron chi connectivity index (χ2n) is 6.60. The van der Waals surface area contributed by atoms with Gasteiger partial charge in [-0.1, -0.05) is 30.3 Å². The first-order chi connectivity index (χ1) is 14.1. The molecule has 0 heterocycles. The molecule has 0 radical (unpaired) electrons. The molecule has 0 aromatic heterocycles. The highest BCUT2D eigenvalue weighted by atomic mass is 32.2. The third kappa shape index (κ3) is 5.84. The lowest BCUT2D eigenvalue weighted by molar-refractivity contribution is 0.0939. The van der Waals surface area contributed by atoms with Crippen LogP contribution >= 0.6 is 11.8 Å². The summed E-state index contributed by atoms with van der Waals surface area (Å²) in [7, 11) is 0. The fourth-order valence-corrected chi connectivity index (χ4v) is 3.82. The van der Waals surface area contributed by atoms with Crippen LogP contribution in [0.25, 0.3) is 0 Å². The van der Waals surface area contributed by atoms with Crippen LogP contribution in [-0.4, -0.2) is 12.5 Å². The van der Waals surface area contributed by atoms with Crippen LogP contribution in [0.15, 0.2) is 77.7 Å². The minimum atomic E-state index is -0.292. The number of thioether (sulfide) groups is 1. The molecule has 29 heavy (non-hydrogen) atoms. The van der Waals surface area contributed by atoms with Crippen LogP contribution in [0.5, 0.6) is 5.75 Å². The molecule has 0 saturated heterocycles. The quantitative estimate of drug-likeness (QED) is 0.463. The number of benzene rings is 3. The van der Waals surface area contributed by atoms with Gasteiger partial charge in [-0.05, 0) is 61.9 Å². The molecule has 3 nitrogen and oxygen atoms in total. The molecule has 1 N–H and O–H groups in total. The van der Waals surface area contributed by atoms with Crippen LogP contribution in [0.2, 0.25) is 0 Å². The highest BCUT2D eigenvalue weighted by molar-refractivity contribution is 7.98. The summed E-state index contributed by atoms with van der Waals surface area (Å²) in [6, 6.07) is 21.6. The number of rotatable bonds is 8. The van der Waals surface area contributed by atoms with Gasteiger partial charge in [0.25, 0.3) is 5.91 Å². The number of nitrogens with one attached hydrogen (secondary N) is 1. The summed E-state index contributed by atoms with van der Waals surface area (Å²) in [5, 5.41) is 2.98. The summed E-state index contributed by atoms with van der Waals surface area (Å²) in [6.45, 7) is 4.39. The maximum absolute atomic E-state index is 13.1. The summed E-state index contributed by atoms with van der Waals surface area (Å²) < 4.78 is 18.9. The Morgan fingerprint density at radius 1 is 1.07 bits per heavy atom. The van der Waals surface area contributed by atoms with Gasteiger partial charge < -0.3 is 10.1 Å². The molecule has 0 spiro atoms. The molecule has 1 atom stereocenters. The van der Waals surface area contributed by atoms with Gasteiger partial charge in [-0.25, -0.2) is 4.39 Å². The molecule has 0 fully saturated rings. The fraction of sp³-hybridized carbons (Fsp3) is 0.208. The molecule has 5 heteroatoms. The van der Waals surface area contributed by atoms with Gasteiger partial charge in [0, 0.05) is 21.8 Å². The van der Waals surface area contributed by atoms with Crippen molar-refractivity contribution in [1.29, 1.82) is 0 Å². The Labute approximate surface area is 175 Å². The van der Waals surface area contributed by atoms with Crippen LogP contribution in [-0.2, 0) is 5.75 Å². The monoisotopic (exact) mass is 409 g/mol. The Bertz CT molecular complexity index is 945. The van der Waals surface area contributed by atoms with E-state index in [1.165, 1.54) is 12.1 Å². The molecule has 0 saturated carbocycles. The van der Waals surface area contributed by atoms with Gasteiger partial charge in [-0.3, -0.25) is 4.79 Å². The van der Waals surface area contributed by atoms with Crippen molar-refractivity contribution < 1.29 is 13.9 Å². The van der Waals surface area contributed by atoms with E-state index in [9.17, 15) is 9.18 Å². The smallest absolute Gasteiger partial charge is 0.251 e. The van der Waals surface area contributed by atoms with E-state index in [0.717, 1.165) is 21.8 Å². The number of carbonyl (C=O) groups is 1. The molecule has 3 aromatic rings. The third-order valence-corrected chi connectivity index (χ3v) is 5.54. The molecule has 0 aliphatic rings. The molecular formula is C24H24FNO2S. The van der Waals surface area contributed by atoms with Gasteiger partial charge in [0.05, 0.1) is 12.6 Å². The molecular weight excluding hydrogens is 385 g/mol. The standard InChI is InChI=1S/C24H24FNO2S/c1-3-28-23-14-11-19(15-20(23)16-29-22-7-5-4-6-8-22)24(27)26-17(2)18-9-12-21(25)13-10-18/h4-15,17H,3,16H2,1-2H3,(H,26,27). The zero-order chi connectivity index (χ0) is 20.6. The summed E-state index contributed by atoms with van der Waals surface area (Å²) in [6.07, 6.45) is 0. The average molecular weight is 410 g/mol. The van der Waals surface area contributed by atoms with Gasteiger partial charge in [0.2, 0.25) is 0 Å². The lowest BCUT2D eigenvalue weighted by Crippen LogP contribution is -2.26. The minimum absolute atomic E-state index is 0.171. The Morgan fingerprint density at radius 3 is 2.48 bits per heavy atom. The molecule has 0 bridgehead atoms. The van der Waals surface area contributed by atoms with Gasteiger partial charge in [0.15, 0.2) is 0 Å². The molecule has 0 aliphatic heterocycles. The summed E-state index contributed by atoms with van der Waals surface area (Å²) in [4.78, 5) is 13.9. The number of halogens is 1. The first-order valence-electron chi connectivity index (χ1n) is 9.56. The van der Waals surface area contributed by atoms with Gasteiger partial charge in [-0.2, -0.15) is 0 Å². The van der Waals surface area contributed by atoms with E-state index in [4.69, 9.17) is 4.74 Å². The van der Waals surface area contributed by atoms with E-state index < -0.39 is 0 Å². The van der Waals surface area contributed by atoms with Crippen LogP contribution in [0, 0.1) is 5.82 Å². The Morgan fingerprint density at radius 2 is 1.79 bits per heavy atom. The van der Waals surface area contributed by atoms with E-state index in [0.29, 0.717) is 17.9 Å². The van der Waals surface area contributed by atoms with E-state index in [2.05, 4.69) is 17.4 Å². The number of hydrogen-bond acceptors (Lipinski definition) is 3. The highest BCUT2D eigenvalue weighted by Crippen LogP contribution is 2.29. The fourth-order valence-electron chi connectivity index (χ4n) is 2.92. The summed E-state index contributed by atoms with van der Waals surface area (Å²) >= 11 is 1.70. The first-order valence-corrected chi connectivity index (χ1v) is 10.5. The topological polar surface area (TPSA) is 38.3 Å². The molecule has 3 aromatic carbocycles. The van der Waals surface area contributed by atoms with Gasteiger partial charge >= 0.3 is 0 Å². The maximum atomic E-state index is 13.1. The number of amides is 1. The second-order valence-corrected chi connectivity index (χ2v) is 7.65. The van der Waals surface area contributed by atoms with Crippen LogP contribution in [0.3, 0.4) is 0 Å². The van der Waals surface area contributed by atoms with Crippen LogP contribution in [0.4, 0.5) is 4.39 Å². The van der Waals surface area contributed by atoms with Crippen molar-refractivity contribution in [1.82, 2.24) is 5.32 Å². The normalized spacial score (nSPS) is 11.7. The Balaban J connectivity index is 1.74. The van der Waals surface area contributed by atoms with Gasteiger partial charge in [0.1, 0.15) is 11.6 Å².